The summed E-state index contributed by atoms with van der Waals surface area (Å²) in [6.07, 6.45) is 4.93. The molecular formula is C22H37IN4O3. The molecule has 0 radical (unpaired) electrons. The van der Waals surface area contributed by atoms with Gasteiger partial charge in [-0.05, 0) is 37.0 Å². The Labute approximate surface area is 198 Å². The number of carbonyl (C=O) groups excluding carboxylic acids is 1. The second-order valence-electron chi connectivity index (χ2n) is 7.95. The number of benzene rings is 1. The molecule has 170 valence electrons. The zero-order valence-corrected chi connectivity index (χ0v) is 21.5. The van der Waals surface area contributed by atoms with E-state index in [0.717, 1.165) is 56.1 Å². The van der Waals surface area contributed by atoms with Crippen LogP contribution in [0.3, 0.4) is 0 Å². The van der Waals surface area contributed by atoms with Gasteiger partial charge in [0.15, 0.2) is 17.5 Å². The molecule has 1 N–H and O–H groups in total. The van der Waals surface area contributed by atoms with Crippen molar-refractivity contribution in [2.45, 2.75) is 32.1 Å². The number of halogens is 1. The van der Waals surface area contributed by atoms with Crippen LogP contribution >= 0.6 is 24.0 Å². The highest BCUT2D eigenvalue weighted by atomic mass is 127. The summed E-state index contributed by atoms with van der Waals surface area (Å²) in [6.45, 7) is 1.42. The number of amides is 1. The molecule has 1 saturated carbocycles. The number of aliphatic imine (C=N–C) groups is 1. The molecule has 7 nitrogen and oxygen atoms in total. The molecule has 0 bridgehead atoms. The predicted octanol–water partition coefficient (Wildman–Crippen LogP) is 3.02. The summed E-state index contributed by atoms with van der Waals surface area (Å²) >= 11 is 0. The van der Waals surface area contributed by atoms with Gasteiger partial charge in [0.1, 0.15) is 0 Å². The first kappa shape index (κ1) is 26.3. The highest BCUT2D eigenvalue weighted by Crippen LogP contribution is 2.39. The lowest BCUT2D eigenvalue weighted by molar-refractivity contribution is -0.138. The standard InChI is InChI=1S/C22H36N4O3.HI/c1-23-21(24-16-22(12-7-8-13-22)20(27)25(2)3)26(4)14-11-17-9-10-18(28-5)19(15-17)29-6;/h9-10,15H,7-8,11-14,16H2,1-6H3,(H,23,24);1H. The number of nitrogens with one attached hydrogen (secondary N) is 1. The molecule has 0 aliphatic heterocycles. The van der Waals surface area contributed by atoms with E-state index in [9.17, 15) is 4.79 Å². The highest BCUT2D eigenvalue weighted by molar-refractivity contribution is 14.0. The molecule has 1 aromatic rings. The fraction of sp³-hybridized carbons (Fsp3) is 0.636. The number of hydrogen-bond acceptors (Lipinski definition) is 4. The SMILES string of the molecule is CN=C(NCC1(C(=O)N(C)C)CCCC1)N(C)CCc1ccc(OC)c(OC)c1.I. The monoisotopic (exact) mass is 532 g/mol. The second kappa shape index (κ2) is 12.2. The van der Waals surface area contributed by atoms with E-state index >= 15 is 0 Å². The van der Waals surface area contributed by atoms with Crippen LogP contribution in [0.15, 0.2) is 23.2 Å². The Kier molecular flexibility index (Phi) is 10.7. The number of guanidine groups is 1. The van der Waals surface area contributed by atoms with Crippen LogP contribution in [0.25, 0.3) is 0 Å². The number of rotatable bonds is 8. The quantitative estimate of drug-likeness (QED) is 0.317. The van der Waals surface area contributed by atoms with Gasteiger partial charge in [0, 0.05) is 41.3 Å². The molecule has 0 aromatic heterocycles. The smallest absolute Gasteiger partial charge is 0.230 e. The van der Waals surface area contributed by atoms with Gasteiger partial charge in [0.2, 0.25) is 5.91 Å². The second-order valence-corrected chi connectivity index (χ2v) is 7.95. The Morgan fingerprint density at radius 3 is 2.30 bits per heavy atom. The lowest BCUT2D eigenvalue weighted by Gasteiger charge is -2.32. The van der Waals surface area contributed by atoms with Crippen LogP contribution in [0, 0.1) is 5.41 Å². The van der Waals surface area contributed by atoms with Gasteiger partial charge in [-0.25, -0.2) is 0 Å². The molecule has 1 aliphatic carbocycles. The Hall–Kier alpha value is -1.71. The average molecular weight is 532 g/mol. The lowest BCUT2D eigenvalue weighted by Crippen LogP contribution is -2.49. The molecular weight excluding hydrogens is 495 g/mol. The summed E-state index contributed by atoms with van der Waals surface area (Å²) in [7, 11) is 10.8. The van der Waals surface area contributed by atoms with Gasteiger partial charge in [0.25, 0.3) is 0 Å². The van der Waals surface area contributed by atoms with E-state index in [0.29, 0.717) is 6.54 Å². The molecule has 0 saturated heterocycles. The molecule has 1 amide bonds. The summed E-state index contributed by atoms with van der Waals surface area (Å²) < 4.78 is 10.7. The Bertz CT molecular complexity index is 718. The van der Waals surface area contributed by atoms with Gasteiger partial charge in [-0.1, -0.05) is 18.9 Å². The zero-order valence-electron chi connectivity index (χ0n) is 19.2. The van der Waals surface area contributed by atoms with Crippen LogP contribution in [0.4, 0.5) is 0 Å². The molecule has 0 spiro atoms. The van der Waals surface area contributed by atoms with E-state index in [1.165, 1.54) is 5.56 Å². The fourth-order valence-corrected chi connectivity index (χ4v) is 4.06. The predicted molar refractivity (Wildman–Crippen MR) is 132 cm³/mol. The van der Waals surface area contributed by atoms with Crippen molar-refractivity contribution in [3.8, 4) is 11.5 Å². The van der Waals surface area contributed by atoms with Gasteiger partial charge >= 0.3 is 0 Å². The van der Waals surface area contributed by atoms with Crippen molar-refractivity contribution in [1.29, 1.82) is 0 Å². The van der Waals surface area contributed by atoms with E-state index in [1.807, 2.05) is 33.3 Å². The first-order chi connectivity index (χ1) is 13.9. The number of nitrogens with zero attached hydrogens (tertiary/aromatic N) is 3. The summed E-state index contributed by atoms with van der Waals surface area (Å²) in [5, 5.41) is 3.45. The summed E-state index contributed by atoms with van der Waals surface area (Å²) in [5.74, 6) is 2.49. The summed E-state index contributed by atoms with van der Waals surface area (Å²) in [4.78, 5) is 21.0. The first-order valence-electron chi connectivity index (χ1n) is 10.2. The van der Waals surface area contributed by atoms with Crippen molar-refractivity contribution in [3.63, 3.8) is 0 Å². The molecule has 1 aromatic carbocycles. The number of likely N-dealkylation sites (N-methyl/N-ethyl adjacent to an activating group) is 1. The van der Waals surface area contributed by atoms with Crippen molar-refractivity contribution in [2.75, 3.05) is 55.5 Å². The molecule has 2 rings (SSSR count). The Morgan fingerprint density at radius 1 is 1.13 bits per heavy atom. The summed E-state index contributed by atoms with van der Waals surface area (Å²) in [5.41, 5.74) is 0.851. The van der Waals surface area contributed by atoms with Gasteiger partial charge in [-0.2, -0.15) is 0 Å². The topological polar surface area (TPSA) is 66.4 Å². The molecule has 1 aliphatic rings. The molecule has 8 heteroatoms. The van der Waals surface area contributed by atoms with Gasteiger partial charge < -0.3 is 24.6 Å². The number of methoxy groups -OCH3 is 2. The fourth-order valence-electron chi connectivity index (χ4n) is 4.06. The van der Waals surface area contributed by atoms with Crippen LogP contribution < -0.4 is 14.8 Å². The Balaban J connectivity index is 0.00000450. The maximum Gasteiger partial charge on any atom is 0.230 e. The molecule has 1 fully saturated rings. The summed E-state index contributed by atoms with van der Waals surface area (Å²) in [6, 6.07) is 5.98. The maximum absolute atomic E-state index is 12.8. The minimum Gasteiger partial charge on any atom is -0.493 e. The van der Waals surface area contributed by atoms with Crippen LogP contribution in [0.1, 0.15) is 31.2 Å². The third kappa shape index (κ3) is 6.39. The lowest BCUT2D eigenvalue weighted by atomic mass is 9.84. The normalized spacial score (nSPS) is 15.2. The van der Waals surface area contributed by atoms with Gasteiger partial charge in [-0.3, -0.25) is 9.79 Å². The maximum atomic E-state index is 12.8. The van der Waals surface area contributed by atoms with Crippen molar-refractivity contribution < 1.29 is 14.3 Å². The van der Waals surface area contributed by atoms with Gasteiger partial charge in [0.05, 0.1) is 19.6 Å². The van der Waals surface area contributed by atoms with E-state index in [1.54, 1.807) is 26.2 Å². The van der Waals surface area contributed by atoms with E-state index in [4.69, 9.17) is 9.47 Å². The molecule has 0 atom stereocenters. The van der Waals surface area contributed by atoms with Crippen LogP contribution in [-0.4, -0.2) is 77.2 Å². The van der Waals surface area contributed by atoms with Crippen molar-refractivity contribution in [1.82, 2.24) is 15.1 Å². The zero-order chi connectivity index (χ0) is 21.4. The number of carbonyl (C=O) groups is 1. The number of hydrogen-bond donors (Lipinski definition) is 1. The molecule has 0 heterocycles. The largest absolute Gasteiger partial charge is 0.493 e. The van der Waals surface area contributed by atoms with E-state index in [-0.39, 0.29) is 35.3 Å². The van der Waals surface area contributed by atoms with Gasteiger partial charge in [-0.15, -0.1) is 24.0 Å². The Morgan fingerprint density at radius 2 is 1.77 bits per heavy atom. The highest BCUT2D eigenvalue weighted by Gasteiger charge is 2.42. The molecule has 30 heavy (non-hydrogen) atoms. The minimum atomic E-state index is -0.316. The van der Waals surface area contributed by atoms with Crippen LogP contribution in [0.5, 0.6) is 11.5 Å². The molecule has 0 unspecified atom stereocenters. The third-order valence-corrected chi connectivity index (χ3v) is 5.76. The van der Waals surface area contributed by atoms with E-state index in [2.05, 4.69) is 21.3 Å². The first-order valence-corrected chi connectivity index (χ1v) is 10.2. The third-order valence-electron chi connectivity index (χ3n) is 5.76. The number of ether oxygens (including phenoxy) is 2. The minimum absolute atomic E-state index is 0. The van der Waals surface area contributed by atoms with E-state index < -0.39 is 0 Å². The van der Waals surface area contributed by atoms with Crippen molar-refractivity contribution in [2.24, 2.45) is 10.4 Å². The van der Waals surface area contributed by atoms with Crippen LogP contribution in [-0.2, 0) is 11.2 Å². The van der Waals surface area contributed by atoms with Crippen molar-refractivity contribution in [3.05, 3.63) is 23.8 Å². The van der Waals surface area contributed by atoms with Crippen LogP contribution in [0.2, 0.25) is 0 Å². The van der Waals surface area contributed by atoms with Crippen molar-refractivity contribution >= 4 is 35.8 Å². The average Bonchev–Trinajstić information content (AvgIpc) is 3.21.